The van der Waals surface area contributed by atoms with Gasteiger partial charge in [0, 0.05) is 26.5 Å². The van der Waals surface area contributed by atoms with Gasteiger partial charge < -0.3 is 5.32 Å². The molecule has 0 aliphatic carbocycles. The third-order valence-electron chi connectivity index (χ3n) is 3.00. The first-order valence-corrected chi connectivity index (χ1v) is 8.63. The number of nitrogens with one attached hydrogen (secondary N) is 1. The van der Waals surface area contributed by atoms with Gasteiger partial charge in [-0.3, -0.25) is 4.98 Å². The van der Waals surface area contributed by atoms with Crippen molar-refractivity contribution in [3.8, 4) is 0 Å². The maximum Gasteiger partial charge on any atom is 0.0542 e. The smallest absolute Gasteiger partial charge is 0.0542 e. The van der Waals surface area contributed by atoms with Crippen molar-refractivity contribution in [3.05, 3.63) is 60.9 Å². The number of aromatic nitrogens is 1. The Balaban J connectivity index is 2.24. The van der Waals surface area contributed by atoms with Crippen LogP contribution in [-0.4, -0.2) is 11.5 Å². The quantitative estimate of drug-likeness (QED) is 0.629. The molecule has 20 heavy (non-hydrogen) atoms. The van der Waals surface area contributed by atoms with Crippen LogP contribution in [0.1, 0.15) is 24.1 Å². The third-order valence-corrected chi connectivity index (χ3v) is 5.00. The van der Waals surface area contributed by atoms with E-state index in [4.69, 9.17) is 11.6 Å². The number of nitrogens with zero attached hydrogens (tertiary/aromatic N) is 1. The molecule has 0 amide bonds. The van der Waals surface area contributed by atoms with Gasteiger partial charge in [0.2, 0.25) is 0 Å². The number of likely N-dealkylation sites (N-methyl/N-ethyl adjacent to an activating group) is 1. The van der Waals surface area contributed by atoms with Crippen LogP contribution in [0.4, 0.5) is 0 Å². The number of hydrogen-bond donors (Lipinski definition) is 1. The molecule has 0 saturated carbocycles. The summed E-state index contributed by atoms with van der Waals surface area (Å²) in [5.74, 6) is 0. The minimum absolute atomic E-state index is 0.241. The molecule has 5 heteroatoms. The summed E-state index contributed by atoms with van der Waals surface area (Å²) in [6.07, 6.45) is 4.59. The van der Waals surface area contributed by atoms with E-state index in [2.05, 4.69) is 73.9 Å². The highest BCUT2D eigenvalue weighted by atomic mass is 127. The molecule has 0 bridgehead atoms. The Morgan fingerprint density at radius 3 is 2.80 bits per heavy atom. The lowest BCUT2D eigenvalue weighted by Gasteiger charge is -2.19. The van der Waals surface area contributed by atoms with Gasteiger partial charge in [0.15, 0.2) is 0 Å². The molecule has 1 aromatic carbocycles. The van der Waals surface area contributed by atoms with Gasteiger partial charge in [-0.2, -0.15) is 0 Å². The molecule has 0 radical (unpaired) electrons. The van der Waals surface area contributed by atoms with Crippen molar-refractivity contribution < 1.29 is 0 Å². The molecule has 1 atom stereocenters. The fraction of sp³-hybridized carbons (Fsp3) is 0.267. The number of rotatable bonds is 5. The minimum Gasteiger partial charge on any atom is -0.310 e. The van der Waals surface area contributed by atoms with Crippen molar-refractivity contribution in [2.45, 2.75) is 19.4 Å². The zero-order chi connectivity index (χ0) is 14.5. The van der Waals surface area contributed by atoms with Gasteiger partial charge in [-0.25, -0.2) is 0 Å². The Bertz CT molecular complexity index is 592. The van der Waals surface area contributed by atoms with E-state index in [0.29, 0.717) is 0 Å². The predicted molar refractivity (Wildman–Crippen MR) is 96.2 cm³/mol. The zero-order valence-electron chi connectivity index (χ0n) is 11.0. The zero-order valence-corrected chi connectivity index (χ0v) is 15.5. The fourth-order valence-electron chi connectivity index (χ4n) is 2.09. The molecule has 1 aromatic heterocycles. The highest BCUT2D eigenvalue weighted by Crippen LogP contribution is 2.25. The van der Waals surface area contributed by atoms with E-state index in [1.54, 1.807) is 6.20 Å². The van der Waals surface area contributed by atoms with E-state index in [-0.39, 0.29) is 6.04 Å². The van der Waals surface area contributed by atoms with Crippen LogP contribution < -0.4 is 5.32 Å². The van der Waals surface area contributed by atoms with Crippen LogP contribution in [0.15, 0.2) is 41.1 Å². The van der Waals surface area contributed by atoms with Crippen molar-refractivity contribution >= 4 is 50.1 Å². The lowest BCUT2D eigenvalue weighted by atomic mass is 10.00. The molecule has 106 valence electrons. The normalized spacial score (nSPS) is 12.4. The van der Waals surface area contributed by atoms with Gasteiger partial charge in [-0.15, -0.1) is 0 Å². The molecule has 0 fully saturated rings. The fourth-order valence-corrected chi connectivity index (χ4v) is 3.02. The topological polar surface area (TPSA) is 24.9 Å². The highest BCUT2D eigenvalue weighted by molar-refractivity contribution is 14.1. The molecule has 0 saturated heterocycles. The molecular formula is C15H15BrClIN2. The minimum atomic E-state index is 0.241. The van der Waals surface area contributed by atoms with Crippen LogP contribution in [0.25, 0.3) is 0 Å². The SMILES string of the molecule is CCNC(Cc1cncc(Br)c1)c1ccc(I)c(Cl)c1. The molecule has 2 aromatic rings. The van der Waals surface area contributed by atoms with Crippen molar-refractivity contribution in [2.24, 2.45) is 0 Å². The Hall–Kier alpha value is -0.170. The van der Waals surface area contributed by atoms with E-state index in [9.17, 15) is 0 Å². The average molecular weight is 466 g/mol. The van der Waals surface area contributed by atoms with Gasteiger partial charge in [-0.1, -0.05) is 24.6 Å². The summed E-state index contributed by atoms with van der Waals surface area (Å²) in [5, 5.41) is 4.31. The predicted octanol–water partition coefficient (Wildman–Crippen LogP) is 5.00. The van der Waals surface area contributed by atoms with Gasteiger partial charge >= 0.3 is 0 Å². The summed E-state index contributed by atoms with van der Waals surface area (Å²) in [7, 11) is 0. The van der Waals surface area contributed by atoms with E-state index in [1.807, 2.05) is 12.3 Å². The first-order valence-electron chi connectivity index (χ1n) is 6.38. The van der Waals surface area contributed by atoms with E-state index < -0.39 is 0 Å². The molecule has 1 N–H and O–H groups in total. The molecule has 0 aliphatic heterocycles. The summed E-state index contributed by atoms with van der Waals surface area (Å²) in [6, 6.07) is 8.58. The number of halogens is 3. The Morgan fingerprint density at radius 2 is 2.15 bits per heavy atom. The summed E-state index contributed by atoms with van der Waals surface area (Å²) in [5.41, 5.74) is 2.40. The van der Waals surface area contributed by atoms with Gasteiger partial charge in [0.1, 0.15) is 0 Å². The molecular weight excluding hydrogens is 450 g/mol. The number of pyridine rings is 1. The summed E-state index contributed by atoms with van der Waals surface area (Å²) < 4.78 is 2.08. The molecule has 0 spiro atoms. The van der Waals surface area contributed by atoms with E-state index >= 15 is 0 Å². The Labute approximate surface area is 146 Å². The third kappa shape index (κ3) is 4.41. The highest BCUT2D eigenvalue weighted by Gasteiger charge is 2.13. The monoisotopic (exact) mass is 464 g/mol. The second-order valence-corrected chi connectivity index (χ2v) is 6.98. The molecule has 1 heterocycles. The van der Waals surface area contributed by atoms with Crippen LogP contribution in [-0.2, 0) is 6.42 Å². The number of benzene rings is 1. The maximum absolute atomic E-state index is 6.23. The molecule has 0 aliphatic rings. The summed E-state index contributed by atoms with van der Waals surface area (Å²) >= 11 is 11.9. The van der Waals surface area contributed by atoms with E-state index in [0.717, 1.165) is 26.0 Å². The van der Waals surface area contributed by atoms with Crippen LogP contribution in [0.5, 0.6) is 0 Å². The van der Waals surface area contributed by atoms with Crippen LogP contribution in [0.2, 0.25) is 5.02 Å². The van der Waals surface area contributed by atoms with Crippen LogP contribution in [0, 0.1) is 3.57 Å². The molecule has 2 nitrogen and oxygen atoms in total. The van der Waals surface area contributed by atoms with Crippen molar-refractivity contribution in [1.82, 2.24) is 10.3 Å². The lowest BCUT2D eigenvalue weighted by molar-refractivity contribution is 0.549. The second kappa shape index (κ2) is 7.73. The standard InChI is InChI=1S/C15H15BrClIN2/c1-2-20-15(6-10-5-12(16)9-19-8-10)11-3-4-14(18)13(17)7-11/h3-5,7-9,15,20H,2,6H2,1H3. The van der Waals surface area contributed by atoms with Crippen molar-refractivity contribution in [3.63, 3.8) is 0 Å². The first-order chi connectivity index (χ1) is 9.60. The van der Waals surface area contributed by atoms with Crippen LogP contribution in [0.3, 0.4) is 0 Å². The lowest BCUT2D eigenvalue weighted by Crippen LogP contribution is -2.23. The summed E-state index contributed by atoms with van der Waals surface area (Å²) in [6.45, 7) is 3.02. The van der Waals surface area contributed by atoms with E-state index in [1.165, 1.54) is 11.1 Å². The average Bonchev–Trinajstić information content (AvgIpc) is 2.41. The molecule has 2 rings (SSSR count). The van der Waals surface area contributed by atoms with Crippen LogP contribution >= 0.6 is 50.1 Å². The van der Waals surface area contributed by atoms with Gasteiger partial charge in [0.05, 0.1) is 5.02 Å². The van der Waals surface area contributed by atoms with Gasteiger partial charge in [0.25, 0.3) is 0 Å². The maximum atomic E-state index is 6.23. The summed E-state index contributed by atoms with van der Waals surface area (Å²) in [4.78, 5) is 4.22. The van der Waals surface area contributed by atoms with Crippen molar-refractivity contribution in [2.75, 3.05) is 6.54 Å². The Morgan fingerprint density at radius 1 is 1.35 bits per heavy atom. The number of hydrogen-bond acceptors (Lipinski definition) is 2. The first kappa shape index (κ1) is 16.2. The molecule has 1 unspecified atom stereocenters. The Kier molecular flexibility index (Phi) is 6.26. The van der Waals surface area contributed by atoms with Crippen molar-refractivity contribution in [1.29, 1.82) is 0 Å². The largest absolute Gasteiger partial charge is 0.310 e. The van der Waals surface area contributed by atoms with Gasteiger partial charge in [-0.05, 0) is 80.8 Å². The second-order valence-electron chi connectivity index (χ2n) is 4.50.